The maximum absolute atomic E-state index is 12.4. The van der Waals surface area contributed by atoms with Gasteiger partial charge in [-0.25, -0.2) is 4.79 Å². The fourth-order valence-electron chi connectivity index (χ4n) is 3.22. The van der Waals surface area contributed by atoms with Crippen molar-refractivity contribution < 1.29 is 19.5 Å². The van der Waals surface area contributed by atoms with Gasteiger partial charge in [0.1, 0.15) is 0 Å². The van der Waals surface area contributed by atoms with Gasteiger partial charge >= 0.3 is 12.0 Å². The number of nitrogens with one attached hydrogen (secondary N) is 2. The van der Waals surface area contributed by atoms with Crippen molar-refractivity contribution in [1.29, 1.82) is 0 Å². The van der Waals surface area contributed by atoms with Gasteiger partial charge in [-0.3, -0.25) is 9.59 Å². The lowest BCUT2D eigenvalue weighted by atomic mass is 9.87. The molecule has 2 rings (SSSR count). The Kier molecular flexibility index (Phi) is 7.21. The first kappa shape index (κ1) is 20.7. The Morgan fingerprint density at radius 1 is 1.33 bits per heavy atom. The van der Waals surface area contributed by atoms with Gasteiger partial charge in [0.25, 0.3) is 5.91 Å². The van der Waals surface area contributed by atoms with Crippen LogP contribution in [0.1, 0.15) is 49.5 Å². The molecule has 7 heteroatoms. The summed E-state index contributed by atoms with van der Waals surface area (Å²) < 4.78 is 0. The van der Waals surface area contributed by atoms with Crippen molar-refractivity contribution >= 4 is 17.9 Å². The lowest BCUT2D eigenvalue weighted by Crippen LogP contribution is -2.48. The van der Waals surface area contributed by atoms with E-state index in [-0.39, 0.29) is 23.9 Å². The quantitative estimate of drug-likeness (QED) is 0.711. The number of amides is 3. The van der Waals surface area contributed by atoms with Gasteiger partial charge in [0.05, 0.1) is 5.92 Å². The first-order valence-corrected chi connectivity index (χ1v) is 9.47. The molecule has 7 nitrogen and oxygen atoms in total. The van der Waals surface area contributed by atoms with Gasteiger partial charge in [0.2, 0.25) is 0 Å². The summed E-state index contributed by atoms with van der Waals surface area (Å²) in [6.45, 7) is 7.01. The third-order valence-electron chi connectivity index (χ3n) is 5.13. The largest absolute Gasteiger partial charge is 0.481 e. The number of carboxylic acid groups (broad SMARTS) is 1. The smallest absolute Gasteiger partial charge is 0.317 e. The van der Waals surface area contributed by atoms with Crippen LogP contribution < -0.4 is 10.6 Å². The summed E-state index contributed by atoms with van der Waals surface area (Å²) in [6.07, 6.45) is 1.33. The van der Waals surface area contributed by atoms with Crippen molar-refractivity contribution in [3.8, 4) is 0 Å². The Bertz CT molecular complexity index is 692. The van der Waals surface area contributed by atoms with E-state index in [4.69, 9.17) is 0 Å². The normalized spacial score (nSPS) is 20.6. The molecule has 3 atom stereocenters. The van der Waals surface area contributed by atoms with Crippen LogP contribution in [0.3, 0.4) is 0 Å². The van der Waals surface area contributed by atoms with Gasteiger partial charge in [-0.15, -0.1) is 0 Å². The van der Waals surface area contributed by atoms with Crippen molar-refractivity contribution in [1.82, 2.24) is 15.5 Å². The van der Waals surface area contributed by atoms with Crippen molar-refractivity contribution in [2.75, 3.05) is 13.1 Å². The molecule has 1 aliphatic rings. The number of hydrogen-bond donors (Lipinski definition) is 3. The number of nitrogens with zero attached hydrogens (tertiary/aromatic N) is 1. The highest BCUT2D eigenvalue weighted by molar-refractivity contribution is 5.94. The molecular weight excluding hydrogens is 346 g/mol. The highest BCUT2D eigenvalue weighted by atomic mass is 16.4. The molecule has 27 heavy (non-hydrogen) atoms. The number of rotatable bonds is 6. The second-order valence-electron chi connectivity index (χ2n) is 7.30. The number of piperidine rings is 1. The Morgan fingerprint density at radius 3 is 2.70 bits per heavy atom. The Hall–Kier alpha value is -2.57. The standard InChI is InChI=1S/C20H29N3O4/c1-4-14(3)22-18(24)16-7-5-6-15(10-16)11-21-20(27)23-9-8-17(19(25)26)13(2)12-23/h5-7,10,13-14,17H,4,8-9,11-12H2,1-3H3,(H,21,27)(H,22,24)(H,25,26). The van der Waals surface area contributed by atoms with E-state index in [1.165, 1.54) is 0 Å². The summed E-state index contributed by atoms with van der Waals surface area (Å²) >= 11 is 0. The molecule has 0 aliphatic carbocycles. The molecule has 0 aromatic heterocycles. The molecule has 1 saturated heterocycles. The zero-order valence-electron chi connectivity index (χ0n) is 16.2. The lowest BCUT2D eigenvalue weighted by Gasteiger charge is -2.34. The van der Waals surface area contributed by atoms with Gasteiger partial charge < -0.3 is 20.6 Å². The fraction of sp³-hybridized carbons (Fsp3) is 0.550. The third kappa shape index (κ3) is 5.70. The fourth-order valence-corrected chi connectivity index (χ4v) is 3.22. The second-order valence-corrected chi connectivity index (χ2v) is 7.30. The summed E-state index contributed by atoms with van der Waals surface area (Å²) in [7, 11) is 0. The van der Waals surface area contributed by atoms with Crippen molar-refractivity contribution in [3.05, 3.63) is 35.4 Å². The van der Waals surface area contributed by atoms with Crippen molar-refractivity contribution in [3.63, 3.8) is 0 Å². The maximum Gasteiger partial charge on any atom is 0.317 e. The topological polar surface area (TPSA) is 98.7 Å². The van der Waals surface area contributed by atoms with Crippen LogP contribution in [0.5, 0.6) is 0 Å². The molecule has 1 aromatic rings. The average molecular weight is 375 g/mol. The summed E-state index contributed by atoms with van der Waals surface area (Å²) in [5.74, 6) is -1.39. The van der Waals surface area contributed by atoms with Crippen LogP contribution in [-0.2, 0) is 11.3 Å². The van der Waals surface area contributed by atoms with E-state index in [0.29, 0.717) is 31.6 Å². The predicted octanol–water partition coefficient (Wildman–Crippen LogP) is 2.47. The van der Waals surface area contributed by atoms with E-state index >= 15 is 0 Å². The van der Waals surface area contributed by atoms with Crippen LogP contribution in [0, 0.1) is 11.8 Å². The van der Waals surface area contributed by atoms with Crippen LogP contribution in [0.25, 0.3) is 0 Å². The highest BCUT2D eigenvalue weighted by Gasteiger charge is 2.32. The molecule has 0 bridgehead atoms. The van der Waals surface area contributed by atoms with Gasteiger partial charge in [-0.05, 0) is 43.4 Å². The lowest BCUT2D eigenvalue weighted by molar-refractivity contribution is -0.145. The number of carbonyl (C=O) groups is 3. The molecule has 0 spiro atoms. The SMILES string of the molecule is CCC(C)NC(=O)c1cccc(CNC(=O)N2CCC(C(=O)O)C(C)C2)c1. The van der Waals surface area contributed by atoms with Gasteiger partial charge in [-0.2, -0.15) is 0 Å². The van der Waals surface area contributed by atoms with E-state index in [2.05, 4.69) is 10.6 Å². The molecule has 3 amide bonds. The molecular formula is C20H29N3O4. The van der Waals surface area contributed by atoms with E-state index in [1.54, 1.807) is 23.1 Å². The molecule has 1 aromatic carbocycles. The monoisotopic (exact) mass is 375 g/mol. The number of likely N-dealkylation sites (tertiary alicyclic amines) is 1. The molecule has 0 saturated carbocycles. The summed E-state index contributed by atoms with van der Waals surface area (Å²) in [5.41, 5.74) is 1.41. The summed E-state index contributed by atoms with van der Waals surface area (Å²) in [5, 5.41) is 15.0. The Balaban J connectivity index is 1.89. The number of benzene rings is 1. The second kappa shape index (κ2) is 9.39. The number of aliphatic carboxylic acids is 1. The van der Waals surface area contributed by atoms with Crippen LogP contribution in [0.2, 0.25) is 0 Å². The Labute approximate surface area is 160 Å². The van der Waals surface area contributed by atoms with Crippen molar-refractivity contribution in [2.45, 2.75) is 46.2 Å². The molecule has 1 fully saturated rings. The zero-order valence-corrected chi connectivity index (χ0v) is 16.2. The van der Waals surface area contributed by atoms with Crippen LogP contribution >= 0.6 is 0 Å². The molecule has 148 valence electrons. The number of carboxylic acids is 1. The minimum absolute atomic E-state index is 0.0745. The van der Waals surface area contributed by atoms with Crippen LogP contribution in [0.15, 0.2) is 24.3 Å². The van der Waals surface area contributed by atoms with E-state index in [9.17, 15) is 19.5 Å². The Morgan fingerprint density at radius 2 is 2.07 bits per heavy atom. The van der Waals surface area contributed by atoms with E-state index < -0.39 is 11.9 Å². The molecule has 3 N–H and O–H groups in total. The van der Waals surface area contributed by atoms with E-state index in [0.717, 1.165) is 12.0 Å². The van der Waals surface area contributed by atoms with Gasteiger partial charge in [0.15, 0.2) is 0 Å². The molecule has 0 radical (unpaired) electrons. The summed E-state index contributed by atoms with van der Waals surface area (Å²) in [6, 6.07) is 7.09. The number of urea groups is 1. The first-order valence-electron chi connectivity index (χ1n) is 9.47. The maximum atomic E-state index is 12.4. The summed E-state index contributed by atoms with van der Waals surface area (Å²) in [4.78, 5) is 37.4. The molecule has 3 unspecified atom stereocenters. The van der Waals surface area contributed by atoms with Crippen molar-refractivity contribution in [2.24, 2.45) is 11.8 Å². The molecule has 1 aliphatic heterocycles. The third-order valence-corrected chi connectivity index (χ3v) is 5.13. The number of carbonyl (C=O) groups excluding carboxylic acids is 2. The predicted molar refractivity (Wildman–Crippen MR) is 102 cm³/mol. The first-order chi connectivity index (χ1) is 12.8. The number of hydrogen-bond acceptors (Lipinski definition) is 3. The average Bonchev–Trinajstić information content (AvgIpc) is 2.65. The van der Waals surface area contributed by atoms with Crippen LogP contribution in [-0.4, -0.2) is 47.0 Å². The minimum Gasteiger partial charge on any atom is -0.481 e. The van der Waals surface area contributed by atoms with Gasteiger partial charge in [0, 0.05) is 31.2 Å². The zero-order chi connectivity index (χ0) is 20.0. The van der Waals surface area contributed by atoms with Crippen LogP contribution in [0.4, 0.5) is 4.79 Å². The van der Waals surface area contributed by atoms with Gasteiger partial charge in [-0.1, -0.05) is 26.0 Å². The minimum atomic E-state index is -0.796. The molecule has 1 heterocycles. The van der Waals surface area contributed by atoms with E-state index in [1.807, 2.05) is 26.8 Å². The highest BCUT2D eigenvalue weighted by Crippen LogP contribution is 2.23.